The summed E-state index contributed by atoms with van der Waals surface area (Å²) >= 11 is 0. The lowest BCUT2D eigenvalue weighted by Gasteiger charge is -2.21. The first kappa shape index (κ1) is 44.1. The van der Waals surface area contributed by atoms with Crippen LogP contribution in [-0.2, 0) is 18.9 Å². The molecule has 3 aromatic rings. The number of nitrogens with one attached hydrogen (secondary N) is 4. The summed E-state index contributed by atoms with van der Waals surface area (Å²) in [5.74, 6) is 1.55. The highest BCUT2D eigenvalue weighted by molar-refractivity contribution is 6.07. The van der Waals surface area contributed by atoms with Crippen LogP contribution in [0.3, 0.4) is 0 Å². The lowest BCUT2D eigenvalue weighted by Crippen LogP contribution is -2.40. The molecular weight excluding hydrogens is 724 g/mol. The van der Waals surface area contributed by atoms with Gasteiger partial charge < -0.3 is 39.1 Å². The van der Waals surface area contributed by atoms with Crippen LogP contribution in [-0.4, -0.2) is 58.7 Å². The molecule has 0 heterocycles. The molecule has 0 aromatic heterocycles. The van der Waals surface area contributed by atoms with Crippen molar-refractivity contribution in [1.82, 2.24) is 10.6 Å². The minimum absolute atomic E-state index is 0.192. The van der Waals surface area contributed by atoms with Gasteiger partial charge >= 0.3 is 24.4 Å². The zero-order valence-electron chi connectivity index (χ0n) is 33.9. The number of guanidine groups is 2. The van der Waals surface area contributed by atoms with Gasteiger partial charge in [-0.1, -0.05) is 6.07 Å². The Labute approximate surface area is 327 Å². The number of benzene rings is 3. The van der Waals surface area contributed by atoms with Crippen molar-refractivity contribution >= 4 is 47.7 Å². The second-order valence-corrected chi connectivity index (χ2v) is 16.1. The first-order valence-electron chi connectivity index (χ1n) is 17.6. The average Bonchev–Trinajstić information content (AvgIpc) is 2.99. The summed E-state index contributed by atoms with van der Waals surface area (Å²) in [7, 11) is 0. The smallest absolute Gasteiger partial charge is 0.437 e. The molecule has 16 nitrogen and oxygen atoms in total. The Hall–Kier alpha value is -6.32. The molecule has 0 radical (unpaired) electrons. The van der Waals surface area contributed by atoms with E-state index < -0.39 is 46.8 Å². The van der Waals surface area contributed by atoms with E-state index >= 15 is 0 Å². The Morgan fingerprint density at radius 2 is 0.768 bits per heavy atom. The van der Waals surface area contributed by atoms with Crippen molar-refractivity contribution in [2.75, 3.05) is 10.6 Å². The fourth-order valence-corrected chi connectivity index (χ4v) is 4.09. The maximum absolute atomic E-state index is 12.4. The van der Waals surface area contributed by atoms with Crippen LogP contribution in [0, 0.1) is 0 Å². The summed E-state index contributed by atoms with van der Waals surface area (Å²) in [4.78, 5) is 57.4. The van der Waals surface area contributed by atoms with Crippen LogP contribution in [0.2, 0.25) is 0 Å². The van der Waals surface area contributed by atoms with Gasteiger partial charge in [0.05, 0.1) is 0 Å². The maximum atomic E-state index is 12.4. The average molecular weight is 777 g/mol. The molecule has 0 unspecified atom stereocenters. The molecule has 56 heavy (non-hydrogen) atoms. The van der Waals surface area contributed by atoms with Crippen LogP contribution in [0.1, 0.15) is 83.1 Å². The molecule has 4 amide bonds. The van der Waals surface area contributed by atoms with Crippen molar-refractivity contribution in [2.24, 2.45) is 9.98 Å². The number of amides is 4. The van der Waals surface area contributed by atoms with Gasteiger partial charge in [-0.25, -0.2) is 19.2 Å². The first-order valence-corrected chi connectivity index (χ1v) is 17.6. The van der Waals surface area contributed by atoms with Gasteiger partial charge in [0.1, 0.15) is 45.4 Å². The van der Waals surface area contributed by atoms with Crippen molar-refractivity contribution in [2.45, 2.75) is 105 Å². The monoisotopic (exact) mass is 776 g/mol. The molecular formula is C40H52N6O10. The third-order valence-electron chi connectivity index (χ3n) is 5.94. The Kier molecular flexibility index (Phi) is 14.4. The minimum atomic E-state index is -0.905. The quantitative estimate of drug-likeness (QED) is 0.105. The van der Waals surface area contributed by atoms with Gasteiger partial charge in [0.2, 0.25) is 11.9 Å². The fraction of sp³-hybridized carbons (Fsp3) is 0.400. The number of nitrogens with zero attached hydrogens (tertiary/aromatic N) is 2. The lowest BCUT2D eigenvalue weighted by atomic mass is 10.2. The molecule has 0 aliphatic carbocycles. The molecule has 0 atom stereocenters. The van der Waals surface area contributed by atoms with E-state index in [1.165, 1.54) is 0 Å². The number of alkyl carbamates (subject to hydrolysis) is 2. The maximum Gasteiger partial charge on any atom is 0.437 e. The van der Waals surface area contributed by atoms with E-state index in [0.717, 1.165) is 0 Å². The molecule has 3 aromatic carbocycles. The summed E-state index contributed by atoms with van der Waals surface area (Å²) in [5, 5.41) is 10.7. The molecule has 4 N–H and O–H groups in total. The van der Waals surface area contributed by atoms with Crippen LogP contribution in [0.4, 0.5) is 30.6 Å². The molecule has 0 fully saturated rings. The van der Waals surface area contributed by atoms with Crippen LogP contribution >= 0.6 is 0 Å². The van der Waals surface area contributed by atoms with Crippen molar-refractivity contribution in [3.05, 3.63) is 72.8 Å². The van der Waals surface area contributed by atoms with Crippen molar-refractivity contribution in [1.29, 1.82) is 0 Å². The van der Waals surface area contributed by atoms with E-state index in [2.05, 4.69) is 31.3 Å². The molecule has 16 heteroatoms. The molecule has 0 saturated carbocycles. The standard InChI is InChI=1S/C40H52N6O10/c1-37(2,3)53-33(47)43-31(44-34(48)54-38(4,5)6)41-25-16-20-27(21-17-25)51-29-14-13-15-30(24-29)52-28-22-18-26(19-23-28)42-32(45-35(49)55-39(7,8)9)46-36(50)56-40(10,11)12/h13-24H,1-12H3,(H2,41,43,44,47,48)(H2,42,45,46,49,50). The minimum Gasteiger partial charge on any atom is -0.457 e. The summed E-state index contributed by atoms with van der Waals surface area (Å²) < 4.78 is 33.2. The highest BCUT2D eigenvalue weighted by Gasteiger charge is 2.22. The third-order valence-corrected chi connectivity index (χ3v) is 5.94. The number of aliphatic imine (C=N–C) groups is 2. The molecule has 0 aliphatic rings. The number of hydrogen-bond donors (Lipinski definition) is 4. The zero-order valence-corrected chi connectivity index (χ0v) is 33.9. The summed E-state index contributed by atoms with van der Waals surface area (Å²) in [6.45, 7) is 20.5. The molecule has 0 saturated heterocycles. The van der Waals surface area contributed by atoms with E-state index in [1.54, 1.807) is 156 Å². The molecule has 3 rings (SSSR count). The third kappa shape index (κ3) is 18.1. The SMILES string of the molecule is CC(C)(C)OC(=O)/N=C(/NC(=O)OC(C)(C)C)Nc1ccc(Oc2cccc(Oc3ccc(N/C(=N\C(=O)OC(C)(C)C)NC(=O)OC(C)(C)C)cc3)c2)cc1. The molecule has 0 spiro atoms. The topological polar surface area (TPSA) is 196 Å². The Balaban J connectivity index is 1.68. The van der Waals surface area contributed by atoms with Crippen LogP contribution < -0.4 is 30.7 Å². The van der Waals surface area contributed by atoms with Gasteiger partial charge in [-0.2, -0.15) is 0 Å². The number of hydrogen-bond acceptors (Lipinski definition) is 10. The van der Waals surface area contributed by atoms with Gasteiger partial charge in [-0.15, -0.1) is 9.98 Å². The predicted octanol–water partition coefficient (Wildman–Crippen LogP) is 9.73. The van der Waals surface area contributed by atoms with Gasteiger partial charge in [-0.3, -0.25) is 10.6 Å². The number of anilines is 2. The summed E-state index contributed by atoms with van der Waals surface area (Å²) in [6.07, 6.45) is -3.43. The number of rotatable bonds is 6. The van der Waals surface area contributed by atoms with Crippen molar-refractivity contribution < 1.29 is 47.6 Å². The van der Waals surface area contributed by atoms with Crippen molar-refractivity contribution in [3.63, 3.8) is 0 Å². The normalized spacial score (nSPS) is 12.4. The zero-order chi connectivity index (χ0) is 41.9. The Morgan fingerprint density at radius 3 is 1.07 bits per heavy atom. The van der Waals surface area contributed by atoms with E-state index in [9.17, 15) is 19.2 Å². The van der Waals surface area contributed by atoms with E-state index in [1.807, 2.05) is 0 Å². The number of carbonyl (C=O) groups excluding carboxylic acids is 4. The van der Waals surface area contributed by atoms with Gasteiger partial charge in [-0.05, 0) is 144 Å². The Morgan fingerprint density at radius 1 is 0.446 bits per heavy atom. The predicted molar refractivity (Wildman–Crippen MR) is 213 cm³/mol. The van der Waals surface area contributed by atoms with Crippen LogP contribution in [0.15, 0.2) is 82.8 Å². The van der Waals surface area contributed by atoms with Crippen LogP contribution in [0.5, 0.6) is 23.0 Å². The largest absolute Gasteiger partial charge is 0.457 e. The van der Waals surface area contributed by atoms with Gasteiger partial charge in [0, 0.05) is 17.4 Å². The fourth-order valence-electron chi connectivity index (χ4n) is 4.09. The van der Waals surface area contributed by atoms with Crippen LogP contribution in [0.25, 0.3) is 0 Å². The molecule has 0 aliphatic heterocycles. The van der Waals surface area contributed by atoms with E-state index in [0.29, 0.717) is 34.4 Å². The number of carbonyl (C=O) groups is 4. The second kappa shape index (κ2) is 18.3. The lowest BCUT2D eigenvalue weighted by molar-refractivity contribution is 0.0545. The summed E-state index contributed by atoms with van der Waals surface area (Å²) in [6, 6.07) is 20.4. The summed E-state index contributed by atoms with van der Waals surface area (Å²) in [5.41, 5.74) is -2.18. The van der Waals surface area contributed by atoms with Gasteiger partial charge in [0.15, 0.2) is 0 Å². The molecule has 302 valence electrons. The highest BCUT2D eigenvalue weighted by atomic mass is 16.6. The van der Waals surface area contributed by atoms with Gasteiger partial charge in [0.25, 0.3) is 0 Å². The Bertz CT molecular complexity index is 1760. The second-order valence-electron chi connectivity index (χ2n) is 16.1. The highest BCUT2D eigenvalue weighted by Crippen LogP contribution is 2.29. The van der Waals surface area contributed by atoms with E-state index in [-0.39, 0.29) is 11.9 Å². The number of ether oxygens (including phenoxy) is 6. The first-order chi connectivity index (χ1) is 25.8. The van der Waals surface area contributed by atoms with E-state index in [4.69, 9.17) is 28.4 Å². The van der Waals surface area contributed by atoms with Crippen molar-refractivity contribution in [3.8, 4) is 23.0 Å². The molecule has 0 bridgehead atoms.